The van der Waals surface area contributed by atoms with Crippen molar-refractivity contribution < 1.29 is 18.8 Å². The Labute approximate surface area is 178 Å². The first kappa shape index (κ1) is 22.6. The molecule has 10 heteroatoms. The third-order valence-corrected chi connectivity index (χ3v) is 4.35. The second-order valence-corrected chi connectivity index (χ2v) is 6.95. The summed E-state index contributed by atoms with van der Waals surface area (Å²) in [6.45, 7) is 2.04. The van der Waals surface area contributed by atoms with Gasteiger partial charge in [-0.1, -0.05) is 30.1 Å². The van der Waals surface area contributed by atoms with Gasteiger partial charge in [-0.25, -0.2) is 4.79 Å². The Morgan fingerprint density at radius 3 is 2.62 bits per heavy atom. The van der Waals surface area contributed by atoms with Crippen LogP contribution < -0.4 is 16.0 Å². The van der Waals surface area contributed by atoms with Crippen molar-refractivity contribution in [3.05, 3.63) is 52.4 Å². The van der Waals surface area contributed by atoms with Crippen LogP contribution in [-0.4, -0.2) is 42.4 Å². The lowest BCUT2D eigenvalue weighted by Gasteiger charge is -2.22. The molecule has 0 aliphatic carbocycles. The molecule has 1 aromatic carbocycles. The van der Waals surface area contributed by atoms with Crippen LogP contribution in [0.5, 0.6) is 0 Å². The van der Waals surface area contributed by atoms with Crippen molar-refractivity contribution in [2.24, 2.45) is 0 Å². The average molecular weight is 441 g/mol. The summed E-state index contributed by atoms with van der Waals surface area (Å²) in [5.41, 5.74) is 0.364. The summed E-state index contributed by atoms with van der Waals surface area (Å²) < 4.78 is 5.11. The van der Waals surface area contributed by atoms with Gasteiger partial charge in [0, 0.05) is 11.6 Å². The molecule has 2 rings (SSSR count). The van der Waals surface area contributed by atoms with Gasteiger partial charge in [0.1, 0.15) is 5.76 Å². The topological polar surface area (TPSA) is 104 Å². The molecule has 29 heavy (non-hydrogen) atoms. The molecule has 0 atom stereocenters. The fourth-order valence-corrected chi connectivity index (χ4v) is 2.77. The minimum atomic E-state index is -0.513. The number of nitrogens with one attached hydrogen (secondary N) is 3. The number of anilines is 1. The summed E-state index contributed by atoms with van der Waals surface area (Å²) in [5.74, 6) is -0.207. The zero-order valence-electron chi connectivity index (χ0n) is 15.8. The molecule has 0 aliphatic rings. The fourth-order valence-electron chi connectivity index (χ4n) is 2.43. The highest BCUT2D eigenvalue weighted by atomic mass is 35.5. The number of furan rings is 1. The third-order valence-electron chi connectivity index (χ3n) is 3.79. The standard InChI is InChI=1S/C19H22Cl2N4O4/c1-2-7-25(12-17(26)24-16-9-13(20)5-6-15(16)21)18(27)11-23-19(28)22-10-14-4-3-8-29-14/h3-6,8-9H,2,7,10-12H2,1H3,(H,24,26)(H2,22,23,28). The van der Waals surface area contributed by atoms with Gasteiger partial charge in [0.2, 0.25) is 11.8 Å². The number of hydrogen-bond donors (Lipinski definition) is 3. The number of carbonyl (C=O) groups excluding carboxylic acids is 3. The second kappa shape index (κ2) is 11.3. The van der Waals surface area contributed by atoms with E-state index in [1.807, 2.05) is 6.92 Å². The summed E-state index contributed by atoms with van der Waals surface area (Å²) in [7, 11) is 0. The van der Waals surface area contributed by atoms with Crippen LogP contribution in [0.15, 0.2) is 41.0 Å². The number of urea groups is 1. The van der Waals surface area contributed by atoms with E-state index >= 15 is 0 Å². The minimum absolute atomic E-state index is 0.175. The molecule has 0 unspecified atom stereocenters. The number of benzene rings is 1. The molecule has 0 fully saturated rings. The molecule has 0 radical (unpaired) electrons. The Morgan fingerprint density at radius 1 is 1.14 bits per heavy atom. The highest BCUT2D eigenvalue weighted by molar-refractivity contribution is 6.35. The average Bonchev–Trinajstić information content (AvgIpc) is 3.20. The van der Waals surface area contributed by atoms with Gasteiger partial charge in [-0.15, -0.1) is 0 Å². The first-order valence-corrected chi connectivity index (χ1v) is 9.71. The van der Waals surface area contributed by atoms with Crippen molar-refractivity contribution in [3.63, 3.8) is 0 Å². The number of carbonyl (C=O) groups is 3. The van der Waals surface area contributed by atoms with Crippen LogP contribution in [0.25, 0.3) is 0 Å². The van der Waals surface area contributed by atoms with Crippen molar-refractivity contribution in [1.29, 1.82) is 0 Å². The number of rotatable bonds is 9. The van der Waals surface area contributed by atoms with Crippen molar-refractivity contribution >= 4 is 46.7 Å². The Balaban J connectivity index is 1.83. The third kappa shape index (κ3) is 7.67. The predicted octanol–water partition coefficient (Wildman–Crippen LogP) is 3.26. The van der Waals surface area contributed by atoms with E-state index in [9.17, 15) is 14.4 Å². The number of amides is 4. The van der Waals surface area contributed by atoms with Crippen LogP contribution in [0, 0.1) is 0 Å². The van der Waals surface area contributed by atoms with E-state index in [4.69, 9.17) is 27.6 Å². The predicted molar refractivity (Wildman–Crippen MR) is 111 cm³/mol. The molecule has 0 bridgehead atoms. The Kier molecular flexibility index (Phi) is 8.82. The molecule has 4 amide bonds. The monoisotopic (exact) mass is 440 g/mol. The zero-order valence-corrected chi connectivity index (χ0v) is 17.3. The van der Waals surface area contributed by atoms with Gasteiger partial charge < -0.3 is 25.3 Å². The van der Waals surface area contributed by atoms with Gasteiger partial charge >= 0.3 is 6.03 Å². The summed E-state index contributed by atoms with van der Waals surface area (Å²) in [5, 5.41) is 8.45. The fraction of sp³-hybridized carbons (Fsp3) is 0.316. The Hall–Kier alpha value is -2.71. The van der Waals surface area contributed by atoms with Crippen molar-refractivity contribution in [3.8, 4) is 0 Å². The van der Waals surface area contributed by atoms with Gasteiger partial charge in [0.25, 0.3) is 0 Å². The van der Waals surface area contributed by atoms with Crippen LogP contribution >= 0.6 is 23.2 Å². The Morgan fingerprint density at radius 2 is 1.93 bits per heavy atom. The second-order valence-electron chi connectivity index (χ2n) is 6.10. The number of halogens is 2. The van der Waals surface area contributed by atoms with E-state index in [1.54, 1.807) is 24.3 Å². The smallest absolute Gasteiger partial charge is 0.315 e. The number of nitrogens with zero attached hydrogens (tertiary/aromatic N) is 1. The SMILES string of the molecule is CCCN(CC(=O)Nc1cc(Cl)ccc1Cl)C(=O)CNC(=O)NCc1ccco1. The van der Waals surface area contributed by atoms with Crippen LogP contribution in [0.2, 0.25) is 10.0 Å². The van der Waals surface area contributed by atoms with E-state index in [-0.39, 0.29) is 25.5 Å². The molecule has 3 N–H and O–H groups in total. The lowest BCUT2D eigenvalue weighted by atomic mass is 10.3. The van der Waals surface area contributed by atoms with Gasteiger partial charge in [0.05, 0.1) is 36.6 Å². The summed E-state index contributed by atoms with van der Waals surface area (Å²) in [6, 6.07) is 7.62. The molecule has 0 saturated heterocycles. The van der Waals surface area contributed by atoms with Crippen LogP contribution in [0.1, 0.15) is 19.1 Å². The zero-order chi connectivity index (χ0) is 21.2. The highest BCUT2D eigenvalue weighted by Crippen LogP contribution is 2.25. The molecule has 0 aliphatic heterocycles. The summed E-state index contributed by atoms with van der Waals surface area (Å²) >= 11 is 11.9. The summed E-state index contributed by atoms with van der Waals surface area (Å²) in [6.07, 6.45) is 2.16. The highest BCUT2D eigenvalue weighted by Gasteiger charge is 2.18. The van der Waals surface area contributed by atoms with E-state index in [2.05, 4.69) is 16.0 Å². The van der Waals surface area contributed by atoms with E-state index < -0.39 is 11.9 Å². The summed E-state index contributed by atoms with van der Waals surface area (Å²) in [4.78, 5) is 37.9. The normalized spacial score (nSPS) is 10.3. The van der Waals surface area contributed by atoms with Gasteiger partial charge in [0.15, 0.2) is 0 Å². The maximum atomic E-state index is 12.4. The molecule has 1 aromatic heterocycles. The molecule has 1 heterocycles. The van der Waals surface area contributed by atoms with Crippen molar-refractivity contribution in [2.75, 3.05) is 25.0 Å². The minimum Gasteiger partial charge on any atom is -0.467 e. The van der Waals surface area contributed by atoms with E-state index in [1.165, 1.54) is 17.2 Å². The molecular weight excluding hydrogens is 419 g/mol. The first-order valence-electron chi connectivity index (χ1n) is 8.95. The van der Waals surface area contributed by atoms with Crippen molar-refractivity contribution in [1.82, 2.24) is 15.5 Å². The maximum absolute atomic E-state index is 12.4. The molecule has 0 saturated carbocycles. The van der Waals surface area contributed by atoms with Gasteiger partial charge in [-0.3, -0.25) is 9.59 Å². The Bertz CT molecular complexity index is 843. The number of hydrogen-bond acceptors (Lipinski definition) is 4. The molecule has 8 nitrogen and oxygen atoms in total. The lowest BCUT2D eigenvalue weighted by molar-refractivity contribution is -0.133. The van der Waals surface area contributed by atoms with Crippen LogP contribution in [0.4, 0.5) is 10.5 Å². The quantitative estimate of drug-likeness (QED) is 0.556. The van der Waals surface area contributed by atoms with Crippen LogP contribution in [-0.2, 0) is 16.1 Å². The lowest BCUT2D eigenvalue weighted by Crippen LogP contribution is -2.46. The van der Waals surface area contributed by atoms with Gasteiger partial charge in [-0.05, 0) is 36.8 Å². The largest absolute Gasteiger partial charge is 0.467 e. The van der Waals surface area contributed by atoms with Gasteiger partial charge in [-0.2, -0.15) is 0 Å². The molecule has 2 aromatic rings. The van der Waals surface area contributed by atoms with Crippen molar-refractivity contribution in [2.45, 2.75) is 19.9 Å². The molecule has 0 spiro atoms. The molecule has 156 valence electrons. The molecular formula is C19H22Cl2N4O4. The maximum Gasteiger partial charge on any atom is 0.315 e. The van der Waals surface area contributed by atoms with E-state index in [0.29, 0.717) is 34.5 Å². The first-order chi connectivity index (χ1) is 13.9. The van der Waals surface area contributed by atoms with E-state index in [0.717, 1.165) is 0 Å². The van der Waals surface area contributed by atoms with Crippen LogP contribution in [0.3, 0.4) is 0 Å².